The van der Waals surface area contributed by atoms with Crippen LogP contribution in [0.3, 0.4) is 0 Å². The molecule has 1 N–H and O–H groups in total. The molecule has 0 unspecified atom stereocenters. The number of nitro benzene ring substituents is 1. The number of nitro groups is 1. The average molecular weight is 241 g/mol. The zero-order valence-electron chi connectivity index (χ0n) is 8.62. The quantitative estimate of drug-likeness (QED) is 0.632. The van der Waals surface area contributed by atoms with Gasteiger partial charge in [-0.25, -0.2) is 0 Å². The van der Waals surface area contributed by atoms with Gasteiger partial charge in [0.15, 0.2) is 0 Å². The molecular weight excluding hydrogens is 230 g/mol. The number of aliphatic carboxylic acids is 1. The second-order valence-electron chi connectivity index (χ2n) is 3.22. The standard InChI is InChI=1S/C10H11NO4S/c1-7(10(12)13)16-6-8-2-4-9(5-3-8)11(14)15/h2-5,7H,6H2,1H3,(H,12,13)/t7-/m0/s1. The number of hydrogen-bond acceptors (Lipinski definition) is 4. The van der Waals surface area contributed by atoms with Gasteiger partial charge in [0.05, 0.1) is 10.2 Å². The van der Waals surface area contributed by atoms with Crippen LogP contribution in [0, 0.1) is 10.1 Å². The zero-order chi connectivity index (χ0) is 12.1. The summed E-state index contributed by atoms with van der Waals surface area (Å²) < 4.78 is 0. The van der Waals surface area contributed by atoms with Gasteiger partial charge in [0, 0.05) is 17.9 Å². The van der Waals surface area contributed by atoms with E-state index in [1.165, 1.54) is 23.9 Å². The Morgan fingerprint density at radius 1 is 1.50 bits per heavy atom. The van der Waals surface area contributed by atoms with Gasteiger partial charge in [-0.3, -0.25) is 14.9 Å². The third-order valence-electron chi connectivity index (χ3n) is 1.99. The first-order chi connectivity index (χ1) is 7.50. The van der Waals surface area contributed by atoms with Crippen LogP contribution in [0.5, 0.6) is 0 Å². The molecule has 0 aliphatic heterocycles. The summed E-state index contributed by atoms with van der Waals surface area (Å²) in [4.78, 5) is 20.5. The van der Waals surface area contributed by atoms with Crippen molar-refractivity contribution in [3.8, 4) is 0 Å². The van der Waals surface area contributed by atoms with Gasteiger partial charge >= 0.3 is 5.97 Å². The minimum Gasteiger partial charge on any atom is -0.480 e. The molecule has 1 atom stereocenters. The predicted molar refractivity (Wildman–Crippen MR) is 61.5 cm³/mol. The van der Waals surface area contributed by atoms with E-state index in [9.17, 15) is 14.9 Å². The normalized spacial score (nSPS) is 12.1. The Kier molecular flexibility index (Phi) is 4.30. The van der Waals surface area contributed by atoms with Crippen LogP contribution in [0.4, 0.5) is 5.69 Å². The number of thioether (sulfide) groups is 1. The molecule has 16 heavy (non-hydrogen) atoms. The fourth-order valence-corrected chi connectivity index (χ4v) is 1.78. The van der Waals surface area contributed by atoms with Crippen molar-refractivity contribution in [2.75, 3.05) is 0 Å². The lowest BCUT2D eigenvalue weighted by atomic mass is 10.2. The highest BCUT2D eigenvalue weighted by molar-refractivity contribution is 7.99. The Morgan fingerprint density at radius 3 is 2.50 bits per heavy atom. The van der Waals surface area contributed by atoms with Crippen molar-refractivity contribution in [3.05, 3.63) is 39.9 Å². The maximum Gasteiger partial charge on any atom is 0.316 e. The highest BCUT2D eigenvalue weighted by Gasteiger charge is 2.11. The molecule has 0 heterocycles. The van der Waals surface area contributed by atoms with E-state index < -0.39 is 16.1 Å². The van der Waals surface area contributed by atoms with Crippen molar-refractivity contribution in [3.63, 3.8) is 0 Å². The van der Waals surface area contributed by atoms with Crippen LogP contribution in [0.1, 0.15) is 12.5 Å². The molecule has 0 bridgehead atoms. The van der Waals surface area contributed by atoms with E-state index in [2.05, 4.69) is 0 Å². The van der Waals surface area contributed by atoms with Crippen molar-refractivity contribution >= 4 is 23.4 Å². The van der Waals surface area contributed by atoms with Gasteiger partial charge in [0.2, 0.25) is 0 Å². The predicted octanol–water partition coefficient (Wildman–Crippen LogP) is 2.30. The van der Waals surface area contributed by atoms with Crippen LogP contribution >= 0.6 is 11.8 Å². The van der Waals surface area contributed by atoms with Crippen molar-refractivity contribution in [2.45, 2.75) is 17.9 Å². The number of hydrogen-bond donors (Lipinski definition) is 1. The van der Waals surface area contributed by atoms with Crippen LogP contribution in [-0.2, 0) is 10.5 Å². The molecule has 0 saturated carbocycles. The Balaban J connectivity index is 2.56. The summed E-state index contributed by atoms with van der Waals surface area (Å²) in [6.07, 6.45) is 0. The number of carboxylic acids is 1. The van der Waals surface area contributed by atoms with Crippen molar-refractivity contribution < 1.29 is 14.8 Å². The van der Waals surface area contributed by atoms with Crippen molar-refractivity contribution in [2.24, 2.45) is 0 Å². The fourth-order valence-electron chi connectivity index (χ4n) is 1.01. The van der Waals surface area contributed by atoms with Gasteiger partial charge in [-0.05, 0) is 12.5 Å². The number of rotatable bonds is 5. The Hall–Kier alpha value is -1.56. The minimum absolute atomic E-state index is 0.0417. The number of carbonyl (C=O) groups is 1. The van der Waals surface area contributed by atoms with Crippen molar-refractivity contribution in [1.29, 1.82) is 0 Å². The first kappa shape index (κ1) is 12.5. The first-order valence-electron chi connectivity index (χ1n) is 4.58. The third-order valence-corrected chi connectivity index (χ3v) is 3.20. The third kappa shape index (κ3) is 3.54. The molecular formula is C10H11NO4S. The summed E-state index contributed by atoms with van der Waals surface area (Å²) in [7, 11) is 0. The van der Waals surface area contributed by atoms with Gasteiger partial charge in [-0.2, -0.15) is 0 Å². The van der Waals surface area contributed by atoms with Gasteiger partial charge in [-0.15, -0.1) is 11.8 Å². The maximum atomic E-state index is 10.6. The Labute approximate surface area is 96.6 Å². The summed E-state index contributed by atoms with van der Waals surface area (Å²) in [5, 5.41) is 18.6. The number of benzene rings is 1. The molecule has 0 aliphatic rings. The molecule has 5 nitrogen and oxygen atoms in total. The number of carboxylic acid groups (broad SMARTS) is 1. The highest BCUT2D eigenvalue weighted by Crippen LogP contribution is 2.19. The van der Waals surface area contributed by atoms with E-state index in [4.69, 9.17) is 5.11 Å². The fraction of sp³-hybridized carbons (Fsp3) is 0.300. The molecule has 6 heteroatoms. The smallest absolute Gasteiger partial charge is 0.316 e. The molecule has 0 spiro atoms. The summed E-state index contributed by atoms with van der Waals surface area (Å²) in [6, 6.07) is 6.11. The van der Waals surface area contributed by atoms with Crippen LogP contribution < -0.4 is 0 Å². The van der Waals surface area contributed by atoms with E-state index in [0.29, 0.717) is 5.75 Å². The molecule has 0 amide bonds. The average Bonchev–Trinajstić information content (AvgIpc) is 2.26. The van der Waals surface area contributed by atoms with E-state index >= 15 is 0 Å². The lowest BCUT2D eigenvalue weighted by Gasteiger charge is -2.05. The molecule has 1 aromatic rings. The molecule has 1 rings (SSSR count). The van der Waals surface area contributed by atoms with Gasteiger partial charge in [0.1, 0.15) is 0 Å². The second-order valence-corrected chi connectivity index (χ2v) is 4.54. The van der Waals surface area contributed by atoms with E-state index in [-0.39, 0.29) is 5.69 Å². The molecule has 0 saturated heterocycles. The molecule has 0 fully saturated rings. The monoisotopic (exact) mass is 241 g/mol. The van der Waals surface area contributed by atoms with Crippen LogP contribution in [0.2, 0.25) is 0 Å². The van der Waals surface area contributed by atoms with E-state index in [1.807, 2.05) is 0 Å². The second kappa shape index (κ2) is 5.50. The lowest BCUT2D eigenvalue weighted by Crippen LogP contribution is -2.11. The minimum atomic E-state index is -0.855. The van der Waals surface area contributed by atoms with Crippen LogP contribution in [0.15, 0.2) is 24.3 Å². The lowest BCUT2D eigenvalue weighted by molar-refractivity contribution is -0.384. The number of non-ortho nitro benzene ring substituents is 1. The Morgan fingerprint density at radius 2 is 2.06 bits per heavy atom. The largest absolute Gasteiger partial charge is 0.480 e. The van der Waals surface area contributed by atoms with Gasteiger partial charge in [-0.1, -0.05) is 12.1 Å². The summed E-state index contributed by atoms with van der Waals surface area (Å²) in [5.74, 6) is -0.322. The maximum absolute atomic E-state index is 10.6. The summed E-state index contributed by atoms with van der Waals surface area (Å²) >= 11 is 1.28. The first-order valence-corrected chi connectivity index (χ1v) is 5.63. The molecule has 0 aromatic heterocycles. The summed E-state index contributed by atoms with van der Waals surface area (Å²) in [5.41, 5.74) is 0.920. The van der Waals surface area contributed by atoms with Crippen molar-refractivity contribution in [1.82, 2.24) is 0 Å². The van der Waals surface area contributed by atoms with Gasteiger partial charge < -0.3 is 5.11 Å². The topological polar surface area (TPSA) is 80.4 Å². The SMILES string of the molecule is C[C@H](SCc1ccc([N+](=O)[O-])cc1)C(=O)O. The Bertz CT molecular complexity index is 390. The molecule has 1 aromatic carbocycles. The highest BCUT2D eigenvalue weighted by atomic mass is 32.2. The van der Waals surface area contributed by atoms with Crippen LogP contribution in [-0.4, -0.2) is 21.2 Å². The number of nitrogens with zero attached hydrogens (tertiary/aromatic N) is 1. The van der Waals surface area contributed by atoms with E-state index in [0.717, 1.165) is 5.56 Å². The van der Waals surface area contributed by atoms with E-state index in [1.54, 1.807) is 19.1 Å². The summed E-state index contributed by atoms with van der Waals surface area (Å²) in [6.45, 7) is 1.61. The van der Waals surface area contributed by atoms with Crippen LogP contribution in [0.25, 0.3) is 0 Å². The van der Waals surface area contributed by atoms with Gasteiger partial charge in [0.25, 0.3) is 5.69 Å². The zero-order valence-corrected chi connectivity index (χ0v) is 9.44. The molecule has 0 aliphatic carbocycles. The molecule has 86 valence electrons. The molecule has 0 radical (unpaired) electrons.